The average molecular weight is 365 g/mol. The number of hydrogen-bond donors (Lipinski definition) is 0. The predicted molar refractivity (Wildman–Crippen MR) is 106 cm³/mol. The molecule has 1 fully saturated rings. The lowest BCUT2D eigenvalue weighted by atomic mass is 10.0. The molecule has 0 spiro atoms. The molecule has 4 heteroatoms. The summed E-state index contributed by atoms with van der Waals surface area (Å²) in [6, 6.07) is 18.9. The van der Waals surface area contributed by atoms with Crippen LogP contribution < -0.4 is 9.47 Å². The van der Waals surface area contributed by atoms with E-state index in [4.69, 9.17) is 9.47 Å². The molecular formula is C23H24FNO2. The maximum Gasteiger partial charge on any atom is 0.126 e. The minimum absolute atomic E-state index is 0.268. The van der Waals surface area contributed by atoms with Gasteiger partial charge in [-0.25, -0.2) is 4.39 Å². The number of fused-ring (bicyclic) bond motifs is 1. The van der Waals surface area contributed by atoms with Gasteiger partial charge in [-0.15, -0.1) is 0 Å². The Morgan fingerprint density at radius 1 is 1.04 bits per heavy atom. The summed E-state index contributed by atoms with van der Waals surface area (Å²) in [6.45, 7) is 4.71. The number of benzene rings is 3. The van der Waals surface area contributed by atoms with E-state index >= 15 is 0 Å². The minimum Gasteiger partial charge on any atom is -0.496 e. The lowest BCUT2D eigenvalue weighted by Gasteiger charge is -2.26. The van der Waals surface area contributed by atoms with Crippen LogP contribution in [-0.2, 0) is 6.54 Å². The van der Waals surface area contributed by atoms with E-state index in [1.54, 1.807) is 13.2 Å². The molecule has 0 saturated carbocycles. The Balaban J connectivity index is 1.51. The van der Waals surface area contributed by atoms with Crippen LogP contribution in [0.5, 0.6) is 11.5 Å². The summed E-state index contributed by atoms with van der Waals surface area (Å²) in [5, 5.41) is 2.35. The molecule has 3 nitrogen and oxygen atoms in total. The first-order valence-corrected chi connectivity index (χ1v) is 9.28. The van der Waals surface area contributed by atoms with E-state index in [1.165, 1.54) is 23.1 Å². The molecule has 0 bridgehead atoms. The maximum atomic E-state index is 13.4. The van der Waals surface area contributed by atoms with Gasteiger partial charge >= 0.3 is 0 Å². The second kappa shape index (κ2) is 7.20. The van der Waals surface area contributed by atoms with E-state index in [-0.39, 0.29) is 11.4 Å². The second-order valence-electron chi connectivity index (χ2n) is 7.44. The van der Waals surface area contributed by atoms with Crippen molar-refractivity contribution in [2.75, 3.05) is 20.2 Å². The highest BCUT2D eigenvalue weighted by Crippen LogP contribution is 2.32. The van der Waals surface area contributed by atoms with Gasteiger partial charge in [0.1, 0.15) is 22.9 Å². The largest absolute Gasteiger partial charge is 0.496 e. The van der Waals surface area contributed by atoms with Crippen LogP contribution in [0.2, 0.25) is 0 Å². The second-order valence-corrected chi connectivity index (χ2v) is 7.44. The molecule has 0 aromatic heterocycles. The van der Waals surface area contributed by atoms with Crippen LogP contribution >= 0.6 is 0 Å². The number of likely N-dealkylation sites (tertiary alicyclic amines) is 1. The quantitative estimate of drug-likeness (QED) is 0.633. The molecule has 4 rings (SSSR count). The Kier molecular flexibility index (Phi) is 4.75. The normalized spacial score (nSPS) is 20.1. The standard InChI is InChI=1S/C23H24FNO2/c1-23(27-19-7-5-6-18(24)14-19)12-13-25(16-23)15-17-10-11-22(26-2)21-9-4-3-8-20(17)21/h3-11,14H,12-13,15-16H2,1-2H3. The van der Waals surface area contributed by atoms with Gasteiger partial charge in [0, 0.05) is 37.5 Å². The number of rotatable bonds is 5. The van der Waals surface area contributed by atoms with E-state index in [0.717, 1.165) is 37.2 Å². The van der Waals surface area contributed by atoms with E-state index in [0.29, 0.717) is 5.75 Å². The monoisotopic (exact) mass is 365 g/mol. The highest BCUT2D eigenvalue weighted by Gasteiger charge is 2.36. The van der Waals surface area contributed by atoms with Gasteiger partial charge in [0.15, 0.2) is 0 Å². The number of hydrogen-bond acceptors (Lipinski definition) is 3. The SMILES string of the molecule is COc1ccc(CN2CCC(C)(Oc3cccc(F)c3)C2)c2ccccc12. The van der Waals surface area contributed by atoms with Crippen LogP contribution in [0.15, 0.2) is 60.7 Å². The average Bonchev–Trinajstić information content (AvgIpc) is 3.02. The Labute approximate surface area is 159 Å². The van der Waals surface area contributed by atoms with Gasteiger partial charge in [-0.05, 0) is 36.1 Å². The Bertz CT molecular complexity index is 958. The Hall–Kier alpha value is -2.59. The third kappa shape index (κ3) is 3.76. The lowest BCUT2D eigenvalue weighted by molar-refractivity contribution is 0.0947. The number of ether oxygens (including phenoxy) is 2. The summed E-state index contributed by atoms with van der Waals surface area (Å²) in [5.74, 6) is 1.22. The van der Waals surface area contributed by atoms with E-state index in [1.807, 2.05) is 18.2 Å². The summed E-state index contributed by atoms with van der Waals surface area (Å²) in [5.41, 5.74) is 0.970. The Morgan fingerprint density at radius 2 is 1.85 bits per heavy atom. The van der Waals surface area contributed by atoms with Gasteiger partial charge in [-0.1, -0.05) is 36.4 Å². The summed E-state index contributed by atoms with van der Waals surface area (Å²) < 4.78 is 25.1. The van der Waals surface area contributed by atoms with Crippen molar-refractivity contribution in [2.24, 2.45) is 0 Å². The zero-order chi connectivity index (χ0) is 18.9. The van der Waals surface area contributed by atoms with E-state index in [9.17, 15) is 4.39 Å². The zero-order valence-corrected chi connectivity index (χ0v) is 15.7. The van der Waals surface area contributed by atoms with Crippen molar-refractivity contribution >= 4 is 10.8 Å². The molecule has 0 radical (unpaired) electrons. The molecule has 3 aromatic rings. The molecule has 1 heterocycles. The molecule has 1 aliphatic rings. The van der Waals surface area contributed by atoms with Crippen LogP contribution in [0.4, 0.5) is 4.39 Å². The molecule has 0 aliphatic carbocycles. The molecule has 140 valence electrons. The molecule has 1 atom stereocenters. The first kappa shape index (κ1) is 17.8. The van der Waals surface area contributed by atoms with E-state index < -0.39 is 0 Å². The Morgan fingerprint density at radius 3 is 2.63 bits per heavy atom. The van der Waals surface area contributed by atoms with Gasteiger partial charge in [-0.2, -0.15) is 0 Å². The van der Waals surface area contributed by atoms with Crippen molar-refractivity contribution in [1.29, 1.82) is 0 Å². The van der Waals surface area contributed by atoms with Gasteiger partial charge in [0.25, 0.3) is 0 Å². The van der Waals surface area contributed by atoms with Crippen LogP contribution in [0.3, 0.4) is 0 Å². The lowest BCUT2D eigenvalue weighted by Crippen LogP contribution is -2.36. The van der Waals surface area contributed by atoms with Crippen LogP contribution in [0, 0.1) is 5.82 Å². The third-order valence-electron chi connectivity index (χ3n) is 5.26. The minimum atomic E-state index is -0.309. The summed E-state index contributed by atoms with van der Waals surface area (Å²) in [4.78, 5) is 2.40. The molecule has 1 unspecified atom stereocenters. The van der Waals surface area contributed by atoms with Crippen molar-refractivity contribution < 1.29 is 13.9 Å². The molecule has 27 heavy (non-hydrogen) atoms. The first-order chi connectivity index (χ1) is 13.1. The molecule has 1 saturated heterocycles. The molecular weight excluding hydrogens is 341 g/mol. The van der Waals surface area contributed by atoms with Gasteiger partial charge in [-0.3, -0.25) is 4.90 Å². The first-order valence-electron chi connectivity index (χ1n) is 9.28. The van der Waals surface area contributed by atoms with Crippen molar-refractivity contribution in [2.45, 2.75) is 25.5 Å². The van der Waals surface area contributed by atoms with Crippen LogP contribution in [0.1, 0.15) is 18.9 Å². The topological polar surface area (TPSA) is 21.7 Å². The summed E-state index contributed by atoms with van der Waals surface area (Å²) >= 11 is 0. The third-order valence-corrected chi connectivity index (χ3v) is 5.26. The van der Waals surface area contributed by atoms with Crippen molar-refractivity contribution in [3.05, 3.63) is 72.0 Å². The van der Waals surface area contributed by atoms with Gasteiger partial charge in [0.05, 0.1) is 7.11 Å². The fraction of sp³-hybridized carbons (Fsp3) is 0.304. The van der Waals surface area contributed by atoms with Crippen LogP contribution in [0.25, 0.3) is 10.8 Å². The van der Waals surface area contributed by atoms with Crippen molar-refractivity contribution in [3.63, 3.8) is 0 Å². The molecule has 3 aromatic carbocycles. The van der Waals surface area contributed by atoms with Crippen molar-refractivity contribution in [1.82, 2.24) is 4.90 Å². The predicted octanol–water partition coefficient (Wildman–Crippen LogP) is 5.03. The van der Waals surface area contributed by atoms with Gasteiger partial charge < -0.3 is 9.47 Å². The summed E-state index contributed by atoms with van der Waals surface area (Å²) in [7, 11) is 1.71. The summed E-state index contributed by atoms with van der Waals surface area (Å²) in [6.07, 6.45) is 0.914. The molecule has 0 N–H and O–H groups in total. The zero-order valence-electron chi connectivity index (χ0n) is 15.7. The fourth-order valence-corrected chi connectivity index (χ4v) is 3.95. The van der Waals surface area contributed by atoms with Crippen LogP contribution in [-0.4, -0.2) is 30.7 Å². The molecule has 0 amide bonds. The van der Waals surface area contributed by atoms with Gasteiger partial charge in [0.2, 0.25) is 0 Å². The fourth-order valence-electron chi connectivity index (χ4n) is 3.95. The highest BCUT2D eigenvalue weighted by atomic mass is 19.1. The smallest absolute Gasteiger partial charge is 0.126 e. The molecule has 1 aliphatic heterocycles. The number of methoxy groups -OCH3 is 1. The highest BCUT2D eigenvalue weighted by molar-refractivity contribution is 5.91. The van der Waals surface area contributed by atoms with Crippen molar-refractivity contribution in [3.8, 4) is 11.5 Å². The number of nitrogens with zero attached hydrogens (tertiary/aromatic N) is 1. The maximum absolute atomic E-state index is 13.4. The van der Waals surface area contributed by atoms with E-state index in [2.05, 4.69) is 36.1 Å². The number of halogens is 1.